The minimum absolute atomic E-state index is 0.196. The fraction of sp³-hybridized carbons (Fsp3) is 0.389. The maximum Gasteiger partial charge on any atom is 0.303 e. The largest absolute Gasteiger partial charge is 0.481 e. The van der Waals surface area contributed by atoms with Gasteiger partial charge in [0.2, 0.25) is 0 Å². The molecule has 0 bridgehead atoms. The van der Waals surface area contributed by atoms with E-state index >= 15 is 0 Å². The molecule has 1 aromatic carbocycles. The molecule has 1 atom stereocenters. The monoisotopic (exact) mass is 296 g/mol. The summed E-state index contributed by atoms with van der Waals surface area (Å²) in [5, 5.41) is 17.9. The zero-order valence-corrected chi connectivity index (χ0v) is 12.7. The third kappa shape index (κ3) is 4.05. The number of hydrogen-bond acceptors (Lipinski definition) is 3. The molecular formula is C18H20N2O2. The smallest absolute Gasteiger partial charge is 0.303 e. The number of nitrogens with zero attached hydrogens (tertiary/aromatic N) is 2. The van der Waals surface area contributed by atoms with Crippen molar-refractivity contribution in [2.45, 2.75) is 32.6 Å². The predicted octanol–water partition coefficient (Wildman–Crippen LogP) is 3.57. The van der Waals surface area contributed by atoms with Gasteiger partial charge in [-0.25, -0.2) is 0 Å². The molecule has 1 aliphatic rings. The highest BCUT2D eigenvalue weighted by Crippen LogP contribution is 2.27. The summed E-state index contributed by atoms with van der Waals surface area (Å²) in [6.07, 6.45) is 4.71. The summed E-state index contributed by atoms with van der Waals surface area (Å²) in [4.78, 5) is 15.4. The van der Waals surface area contributed by atoms with Gasteiger partial charge in [-0.3, -0.25) is 9.79 Å². The van der Waals surface area contributed by atoms with Crippen molar-refractivity contribution in [2.75, 3.05) is 6.54 Å². The number of benzene rings is 1. The van der Waals surface area contributed by atoms with E-state index in [1.807, 2.05) is 18.2 Å². The molecular weight excluding hydrogens is 276 g/mol. The van der Waals surface area contributed by atoms with Gasteiger partial charge in [-0.2, -0.15) is 5.26 Å². The van der Waals surface area contributed by atoms with Crippen LogP contribution in [0.25, 0.3) is 0 Å². The average molecular weight is 296 g/mol. The normalized spacial score (nSPS) is 17.9. The lowest BCUT2D eigenvalue weighted by atomic mass is 9.88. The van der Waals surface area contributed by atoms with Gasteiger partial charge in [0.05, 0.1) is 17.3 Å². The molecule has 0 aliphatic carbocycles. The first-order valence-electron chi connectivity index (χ1n) is 7.61. The van der Waals surface area contributed by atoms with Crippen molar-refractivity contribution in [1.29, 1.82) is 5.26 Å². The summed E-state index contributed by atoms with van der Waals surface area (Å²) in [6, 6.07) is 9.60. The van der Waals surface area contributed by atoms with Gasteiger partial charge in [0.25, 0.3) is 0 Å². The predicted molar refractivity (Wildman–Crippen MR) is 85.9 cm³/mol. The van der Waals surface area contributed by atoms with Crippen LogP contribution in [0, 0.1) is 17.2 Å². The molecule has 1 N–H and O–H groups in total. The lowest BCUT2D eigenvalue weighted by molar-refractivity contribution is -0.137. The molecule has 0 fully saturated rings. The maximum absolute atomic E-state index is 10.8. The highest BCUT2D eigenvalue weighted by Gasteiger charge is 2.18. The Morgan fingerprint density at radius 3 is 3.00 bits per heavy atom. The van der Waals surface area contributed by atoms with Crippen LogP contribution < -0.4 is 0 Å². The van der Waals surface area contributed by atoms with Crippen LogP contribution in [0.2, 0.25) is 0 Å². The van der Waals surface area contributed by atoms with Gasteiger partial charge in [-0.15, -0.1) is 0 Å². The number of carboxylic acids is 1. The van der Waals surface area contributed by atoms with Gasteiger partial charge in [0.1, 0.15) is 0 Å². The van der Waals surface area contributed by atoms with E-state index in [1.54, 1.807) is 6.07 Å². The van der Waals surface area contributed by atoms with Crippen LogP contribution in [0.3, 0.4) is 0 Å². The summed E-state index contributed by atoms with van der Waals surface area (Å²) in [6.45, 7) is 2.78. The summed E-state index contributed by atoms with van der Waals surface area (Å²) in [7, 11) is 0. The highest BCUT2D eigenvalue weighted by molar-refractivity contribution is 6.09. The molecule has 0 saturated heterocycles. The number of rotatable bonds is 5. The Morgan fingerprint density at radius 1 is 1.50 bits per heavy atom. The number of carbonyl (C=O) groups is 1. The second kappa shape index (κ2) is 7.56. The first kappa shape index (κ1) is 16.0. The molecule has 1 heterocycles. The average Bonchev–Trinajstić information content (AvgIpc) is 2.75. The van der Waals surface area contributed by atoms with Gasteiger partial charge < -0.3 is 5.11 Å². The third-order valence-electron chi connectivity index (χ3n) is 4.01. The molecule has 114 valence electrons. The molecule has 1 aromatic rings. The minimum Gasteiger partial charge on any atom is -0.481 e. The van der Waals surface area contributed by atoms with Crippen molar-refractivity contribution in [1.82, 2.24) is 0 Å². The topological polar surface area (TPSA) is 73.5 Å². The first-order valence-corrected chi connectivity index (χ1v) is 7.61. The zero-order valence-electron chi connectivity index (χ0n) is 12.7. The molecule has 0 unspecified atom stereocenters. The Morgan fingerprint density at radius 2 is 2.32 bits per heavy atom. The second-order valence-corrected chi connectivity index (χ2v) is 5.45. The Bertz CT molecular complexity index is 653. The molecule has 2 rings (SSSR count). The molecule has 4 nitrogen and oxygen atoms in total. The molecule has 0 saturated carbocycles. The van der Waals surface area contributed by atoms with Crippen molar-refractivity contribution >= 4 is 11.7 Å². The number of allylic oxidation sites excluding steroid dienone is 2. The highest BCUT2D eigenvalue weighted by atomic mass is 16.4. The van der Waals surface area contributed by atoms with Crippen LogP contribution in [0.1, 0.15) is 43.7 Å². The molecule has 1 aliphatic heterocycles. The number of aliphatic carboxylic acids is 1. The lowest BCUT2D eigenvalue weighted by Crippen LogP contribution is -2.08. The van der Waals surface area contributed by atoms with Crippen LogP contribution in [0.4, 0.5) is 0 Å². The molecule has 22 heavy (non-hydrogen) atoms. The number of carboxylic acid groups (broad SMARTS) is 1. The van der Waals surface area contributed by atoms with Gasteiger partial charge in [0.15, 0.2) is 0 Å². The lowest BCUT2D eigenvalue weighted by Gasteiger charge is -2.16. The summed E-state index contributed by atoms with van der Waals surface area (Å²) < 4.78 is 0. The Kier molecular flexibility index (Phi) is 5.48. The van der Waals surface area contributed by atoms with E-state index in [0.29, 0.717) is 18.5 Å². The minimum atomic E-state index is -0.748. The van der Waals surface area contributed by atoms with Gasteiger partial charge in [0, 0.05) is 18.5 Å². The fourth-order valence-corrected chi connectivity index (χ4v) is 2.81. The van der Waals surface area contributed by atoms with Crippen molar-refractivity contribution < 1.29 is 9.90 Å². The molecule has 0 aromatic heterocycles. The zero-order chi connectivity index (χ0) is 15.9. The fourth-order valence-electron chi connectivity index (χ4n) is 2.81. The SMILES string of the molecule is CCC1=CC(c2cccc(C#N)c2)=NCC[C@H]1CCC(=O)O. The summed E-state index contributed by atoms with van der Waals surface area (Å²) in [5.74, 6) is -0.468. The summed E-state index contributed by atoms with van der Waals surface area (Å²) >= 11 is 0. The van der Waals surface area contributed by atoms with Gasteiger partial charge >= 0.3 is 5.97 Å². The van der Waals surface area contributed by atoms with Crippen LogP contribution >= 0.6 is 0 Å². The maximum atomic E-state index is 10.8. The number of aliphatic imine (C=N–C) groups is 1. The standard InChI is InChI=1S/C18H20N2O2/c1-2-14-11-17(16-5-3-4-13(10-16)12-19)20-9-8-15(14)6-7-18(21)22/h3-5,10-11,15H,2,6-9H2,1H3,(H,21,22)/t15-/m1/s1. The van der Waals surface area contributed by atoms with E-state index < -0.39 is 5.97 Å². The third-order valence-corrected chi connectivity index (χ3v) is 4.01. The Hall–Kier alpha value is -2.41. The van der Waals surface area contributed by atoms with Crippen molar-refractivity contribution in [3.8, 4) is 6.07 Å². The van der Waals surface area contributed by atoms with Crippen LogP contribution in [0.5, 0.6) is 0 Å². The molecule has 0 spiro atoms. The van der Waals surface area contributed by atoms with Crippen molar-refractivity contribution in [3.63, 3.8) is 0 Å². The van der Waals surface area contributed by atoms with Crippen molar-refractivity contribution in [3.05, 3.63) is 47.0 Å². The van der Waals surface area contributed by atoms with Crippen molar-refractivity contribution in [2.24, 2.45) is 10.9 Å². The van der Waals surface area contributed by atoms with Gasteiger partial charge in [-0.05, 0) is 43.4 Å². The van der Waals surface area contributed by atoms with Gasteiger partial charge in [-0.1, -0.05) is 24.6 Å². The quantitative estimate of drug-likeness (QED) is 0.902. The molecule has 0 amide bonds. The van der Waals surface area contributed by atoms with E-state index in [4.69, 9.17) is 10.4 Å². The number of nitriles is 1. The molecule has 0 radical (unpaired) electrons. The Labute approximate surface area is 130 Å². The Balaban J connectivity index is 2.25. The summed E-state index contributed by atoms with van der Waals surface area (Å²) in [5.41, 5.74) is 3.72. The van der Waals surface area contributed by atoms with Crippen LogP contribution in [0.15, 0.2) is 40.9 Å². The van der Waals surface area contributed by atoms with Crippen LogP contribution in [-0.2, 0) is 4.79 Å². The van der Waals surface area contributed by atoms with E-state index in [2.05, 4.69) is 24.1 Å². The van der Waals surface area contributed by atoms with E-state index in [1.165, 1.54) is 5.57 Å². The van der Waals surface area contributed by atoms with E-state index in [0.717, 1.165) is 24.1 Å². The van der Waals surface area contributed by atoms with Crippen LogP contribution in [-0.4, -0.2) is 23.3 Å². The van der Waals surface area contributed by atoms with E-state index in [-0.39, 0.29) is 12.3 Å². The van der Waals surface area contributed by atoms with E-state index in [9.17, 15) is 4.79 Å². The first-order chi connectivity index (χ1) is 10.6. The molecule has 4 heteroatoms. The number of hydrogen-bond donors (Lipinski definition) is 1. The second-order valence-electron chi connectivity index (χ2n) is 5.45.